The van der Waals surface area contributed by atoms with Gasteiger partial charge in [-0.3, -0.25) is 0 Å². The lowest BCUT2D eigenvalue weighted by Crippen LogP contribution is -2.09. The average Bonchev–Trinajstić information content (AvgIpc) is 2.82. The summed E-state index contributed by atoms with van der Waals surface area (Å²) in [5.74, 6) is 0.660. The van der Waals surface area contributed by atoms with Crippen molar-refractivity contribution in [1.82, 2.24) is 20.2 Å². The standard InChI is InChI=1S/C12H16ClN5/c1-3-5-8(2)18-12(15-16-17-18)9-6-4-7-10(14)11(9)13/h4,6-8H,3,5,14H2,1-2H3. The molecule has 1 aromatic carbocycles. The third-order valence-corrected chi connectivity index (χ3v) is 3.31. The SMILES string of the molecule is CCCC(C)n1nnnc1-c1cccc(N)c1Cl. The van der Waals surface area contributed by atoms with Crippen LogP contribution in [0.5, 0.6) is 0 Å². The lowest BCUT2D eigenvalue weighted by molar-refractivity contribution is 0.447. The van der Waals surface area contributed by atoms with Gasteiger partial charge in [-0.25, -0.2) is 4.68 Å². The van der Waals surface area contributed by atoms with Gasteiger partial charge >= 0.3 is 0 Å². The first kappa shape index (κ1) is 12.8. The highest BCUT2D eigenvalue weighted by Crippen LogP contribution is 2.31. The summed E-state index contributed by atoms with van der Waals surface area (Å²) in [6.45, 7) is 4.22. The second-order valence-electron chi connectivity index (χ2n) is 4.29. The van der Waals surface area contributed by atoms with Gasteiger partial charge in [0.05, 0.1) is 16.8 Å². The van der Waals surface area contributed by atoms with Crippen LogP contribution in [-0.4, -0.2) is 20.2 Å². The topological polar surface area (TPSA) is 69.6 Å². The fourth-order valence-corrected chi connectivity index (χ4v) is 2.14. The van der Waals surface area contributed by atoms with E-state index in [1.165, 1.54) is 0 Å². The largest absolute Gasteiger partial charge is 0.398 e. The summed E-state index contributed by atoms with van der Waals surface area (Å²) in [7, 11) is 0. The van der Waals surface area contributed by atoms with Crippen molar-refractivity contribution in [3.8, 4) is 11.4 Å². The van der Waals surface area contributed by atoms with Gasteiger partial charge in [-0.05, 0) is 35.9 Å². The van der Waals surface area contributed by atoms with Crippen molar-refractivity contribution in [2.24, 2.45) is 0 Å². The molecule has 0 radical (unpaired) electrons. The summed E-state index contributed by atoms with van der Waals surface area (Å²) in [6.07, 6.45) is 2.09. The molecule has 0 fully saturated rings. The van der Waals surface area contributed by atoms with E-state index in [1.807, 2.05) is 12.1 Å². The smallest absolute Gasteiger partial charge is 0.183 e. The molecule has 1 aromatic heterocycles. The average molecular weight is 266 g/mol. The Morgan fingerprint density at radius 1 is 1.44 bits per heavy atom. The van der Waals surface area contributed by atoms with Crippen LogP contribution in [0.4, 0.5) is 5.69 Å². The number of hydrogen-bond acceptors (Lipinski definition) is 4. The van der Waals surface area contributed by atoms with Gasteiger partial charge in [-0.15, -0.1) is 5.10 Å². The molecule has 5 nitrogen and oxygen atoms in total. The summed E-state index contributed by atoms with van der Waals surface area (Å²) in [6, 6.07) is 5.71. The van der Waals surface area contributed by atoms with E-state index in [2.05, 4.69) is 29.4 Å². The molecule has 6 heteroatoms. The highest BCUT2D eigenvalue weighted by atomic mass is 35.5. The van der Waals surface area contributed by atoms with E-state index in [9.17, 15) is 0 Å². The zero-order valence-electron chi connectivity index (χ0n) is 10.5. The van der Waals surface area contributed by atoms with Crippen LogP contribution in [0, 0.1) is 0 Å². The van der Waals surface area contributed by atoms with Crippen LogP contribution in [0.15, 0.2) is 18.2 Å². The lowest BCUT2D eigenvalue weighted by Gasteiger charge is -2.13. The third kappa shape index (κ3) is 2.31. The van der Waals surface area contributed by atoms with E-state index >= 15 is 0 Å². The van der Waals surface area contributed by atoms with Crippen LogP contribution in [0.3, 0.4) is 0 Å². The Labute approximate surface area is 111 Å². The molecule has 0 spiro atoms. The van der Waals surface area contributed by atoms with E-state index < -0.39 is 0 Å². The number of halogens is 1. The minimum absolute atomic E-state index is 0.234. The van der Waals surface area contributed by atoms with Crippen LogP contribution in [-0.2, 0) is 0 Å². The van der Waals surface area contributed by atoms with Crippen LogP contribution >= 0.6 is 11.6 Å². The van der Waals surface area contributed by atoms with Crippen LogP contribution in [0.25, 0.3) is 11.4 Å². The van der Waals surface area contributed by atoms with Gasteiger partial charge in [0, 0.05) is 5.56 Å². The van der Waals surface area contributed by atoms with Crippen molar-refractivity contribution in [2.75, 3.05) is 5.73 Å². The molecular weight excluding hydrogens is 250 g/mol. The predicted molar refractivity (Wildman–Crippen MR) is 72.3 cm³/mol. The van der Waals surface area contributed by atoms with Crippen LogP contribution in [0.1, 0.15) is 32.7 Å². The van der Waals surface area contributed by atoms with E-state index in [4.69, 9.17) is 17.3 Å². The number of benzene rings is 1. The summed E-state index contributed by atoms with van der Waals surface area (Å²) in [5.41, 5.74) is 7.10. The number of rotatable bonds is 4. The van der Waals surface area contributed by atoms with Crippen molar-refractivity contribution in [1.29, 1.82) is 0 Å². The second kappa shape index (κ2) is 5.35. The minimum Gasteiger partial charge on any atom is -0.398 e. The summed E-state index contributed by atoms with van der Waals surface area (Å²) < 4.78 is 1.80. The Kier molecular flexibility index (Phi) is 3.81. The van der Waals surface area contributed by atoms with Crippen molar-refractivity contribution >= 4 is 17.3 Å². The van der Waals surface area contributed by atoms with Crippen molar-refractivity contribution < 1.29 is 0 Å². The molecule has 96 valence electrons. The van der Waals surface area contributed by atoms with Gasteiger partial charge < -0.3 is 5.73 Å². The van der Waals surface area contributed by atoms with E-state index in [1.54, 1.807) is 10.7 Å². The van der Waals surface area contributed by atoms with Crippen molar-refractivity contribution in [3.05, 3.63) is 23.2 Å². The number of nitrogen functional groups attached to an aromatic ring is 1. The molecule has 2 aromatic rings. The quantitative estimate of drug-likeness (QED) is 0.863. The molecule has 2 rings (SSSR count). The van der Waals surface area contributed by atoms with Gasteiger partial charge in [0.1, 0.15) is 0 Å². The summed E-state index contributed by atoms with van der Waals surface area (Å²) in [4.78, 5) is 0. The van der Waals surface area contributed by atoms with E-state index in [0.717, 1.165) is 18.4 Å². The van der Waals surface area contributed by atoms with E-state index in [0.29, 0.717) is 16.5 Å². The monoisotopic (exact) mass is 265 g/mol. The Morgan fingerprint density at radius 3 is 2.94 bits per heavy atom. The van der Waals surface area contributed by atoms with Crippen molar-refractivity contribution in [2.45, 2.75) is 32.7 Å². The molecule has 2 N–H and O–H groups in total. The first-order chi connectivity index (χ1) is 8.65. The highest BCUT2D eigenvalue weighted by molar-refractivity contribution is 6.35. The Balaban J connectivity index is 2.45. The Bertz CT molecular complexity index is 537. The molecule has 0 saturated carbocycles. The van der Waals surface area contributed by atoms with E-state index in [-0.39, 0.29) is 6.04 Å². The fraction of sp³-hybridized carbons (Fsp3) is 0.417. The predicted octanol–water partition coefficient (Wildman–Crippen LogP) is 2.94. The van der Waals surface area contributed by atoms with Gasteiger partial charge in [-0.2, -0.15) is 0 Å². The number of tetrazole rings is 1. The summed E-state index contributed by atoms with van der Waals surface area (Å²) in [5, 5.41) is 12.3. The van der Waals surface area contributed by atoms with Gasteiger partial charge in [-0.1, -0.05) is 31.0 Å². The number of anilines is 1. The minimum atomic E-state index is 0.234. The molecule has 0 aliphatic carbocycles. The second-order valence-corrected chi connectivity index (χ2v) is 4.67. The van der Waals surface area contributed by atoms with Crippen LogP contribution in [0.2, 0.25) is 5.02 Å². The molecular formula is C12H16ClN5. The molecule has 0 bridgehead atoms. The van der Waals surface area contributed by atoms with Gasteiger partial charge in [0.15, 0.2) is 5.82 Å². The van der Waals surface area contributed by atoms with Gasteiger partial charge in [0.25, 0.3) is 0 Å². The third-order valence-electron chi connectivity index (χ3n) is 2.89. The van der Waals surface area contributed by atoms with Gasteiger partial charge in [0.2, 0.25) is 0 Å². The molecule has 0 aliphatic rings. The van der Waals surface area contributed by atoms with Crippen molar-refractivity contribution in [3.63, 3.8) is 0 Å². The Hall–Kier alpha value is -1.62. The Morgan fingerprint density at radius 2 is 2.22 bits per heavy atom. The number of hydrogen-bond donors (Lipinski definition) is 1. The number of nitrogens with two attached hydrogens (primary N) is 1. The molecule has 18 heavy (non-hydrogen) atoms. The zero-order chi connectivity index (χ0) is 13.1. The first-order valence-corrected chi connectivity index (χ1v) is 6.35. The molecule has 0 saturated heterocycles. The maximum absolute atomic E-state index is 6.20. The maximum Gasteiger partial charge on any atom is 0.183 e. The fourth-order valence-electron chi connectivity index (χ4n) is 1.93. The first-order valence-electron chi connectivity index (χ1n) is 5.97. The maximum atomic E-state index is 6.20. The summed E-state index contributed by atoms with van der Waals surface area (Å²) >= 11 is 6.20. The molecule has 1 atom stereocenters. The highest BCUT2D eigenvalue weighted by Gasteiger charge is 2.17. The zero-order valence-corrected chi connectivity index (χ0v) is 11.2. The molecule has 0 aliphatic heterocycles. The molecule has 1 heterocycles. The normalized spacial score (nSPS) is 12.6. The lowest BCUT2D eigenvalue weighted by atomic mass is 10.1. The molecule has 1 unspecified atom stereocenters. The van der Waals surface area contributed by atoms with Crippen LogP contribution < -0.4 is 5.73 Å². The number of aromatic nitrogens is 4. The number of nitrogens with zero attached hydrogens (tertiary/aromatic N) is 4. The molecule has 0 amide bonds.